The van der Waals surface area contributed by atoms with Gasteiger partial charge < -0.3 is 14.9 Å². The fraction of sp³-hybridized carbons (Fsp3) is 0.667. The van der Waals surface area contributed by atoms with E-state index in [1.54, 1.807) is 0 Å². The van der Waals surface area contributed by atoms with Crippen molar-refractivity contribution in [3.8, 4) is 0 Å². The van der Waals surface area contributed by atoms with Gasteiger partial charge in [-0.25, -0.2) is 14.8 Å². The fourth-order valence-electron chi connectivity index (χ4n) is 3.75. The van der Waals surface area contributed by atoms with Crippen LogP contribution in [-0.2, 0) is 9.59 Å². The molecule has 3 heterocycles. The van der Waals surface area contributed by atoms with Crippen molar-refractivity contribution in [3.05, 3.63) is 17.5 Å². The van der Waals surface area contributed by atoms with Crippen LogP contribution in [0.25, 0.3) is 0 Å². The number of carbonyl (C=O) groups is 2. The third-order valence-electron chi connectivity index (χ3n) is 5.30. The number of aromatic nitrogens is 2. The van der Waals surface area contributed by atoms with Gasteiger partial charge in [0.15, 0.2) is 0 Å². The van der Waals surface area contributed by atoms with Crippen molar-refractivity contribution in [1.29, 1.82) is 0 Å². The minimum absolute atomic E-state index is 0.0741. The van der Waals surface area contributed by atoms with Gasteiger partial charge in [0.25, 0.3) is 0 Å². The van der Waals surface area contributed by atoms with Gasteiger partial charge in [-0.15, -0.1) is 0 Å². The maximum atomic E-state index is 11.9. The summed E-state index contributed by atoms with van der Waals surface area (Å²) in [6.45, 7) is 5.94. The summed E-state index contributed by atoms with van der Waals surface area (Å²) in [5.74, 6) is -1.62. The molecule has 10 heteroatoms. The number of aliphatic carboxylic acids is 1. The lowest BCUT2D eigenvalue weighted by atomic mass is 9.88. The van der Waals surface area contributed by atoms with Crippen LogP contribution < -0.4 is 4.90 Å². The first-order valence-corrected chi connectivity index (χ1v) is 9.09. The first kappa shape index (κ1) is 21.9. The van der Waals surface area contributed by atoms with Gasteiger partial charge in [0.2, 0.25) is 11.9 Å². The number of halogens is 3. The number of carbonyl (C=O) groups excluding carboxylic acids is 1. The van der Waals surface area contributed by atoms with E-state index in [-0.39, 0.29) is 5.54 Å². The lowest BCUT2D eigenvalue weighted by Crippen LogP contribution is -2.43. The number of anilines is 1. The highest BCUT2D eigenvalue weighted by Crippen LogP contribution is 2.38. The first-order valence-electron chi connectivity index (χ1n) is 9.09. The molecular formula is C18H25F3N4O3. The van der Waals surface area contributed by atoms with E-state index < -0.39 is 12.1 Å². The Labute approximate surface area is 161 Å². The molecule has 1 atom stereocenters. The summed E-state index contributed by atoms with van der Waals surface area (Å²) in [7, 11) is 1.97. The Balaban J connectivity index is 0.000000345. The third-order valence-corrected chi connectivity index (χ3v) is 5.30. The molecule has 1 N–H and O–H groups in total. The molecule has 2 fully saturated rings. The van der Waals surface area contributed by atoms with Crippen LogP contribution in [0.5, 0.6) is 0 Å². The van der Waals surface area contributed by atoms with Crippen molar-refractivity contribution in [3.63, 3.8) is 0 Å². The average molecular weight is 402 g/mol. The van der Waals surface area contributed by atoms with Crippen LogP contribution in [0.15, 0.2) is 6.07 Å². The fourth-order valence-corrected chi connectivity index (χ4v) is 3.75. The number of alkyl halides is 3. The molecule has 0 aromatic carbocycles. The lowest BCUT2D eigenvalue weighted by molar-refractivity contribution is -0.192. The summed E-state index contributed by atoms with van der Waals surface area (Å²) in [5, 5.41) is 7.12. The van der Waals surface area contributed by atoms with Crippen LogP contribution in [0.3, 0.4) is 0 Å². The number of carboxylic acids is 1. The molecule has 156 valence electrons. The third kappa shape index (κ3) is 5.11. The highest BCUT2D eigenvalue weighted by Gasteiger charge is 2.43. The standard InChI is InChI=1S/C16H24N4O.C2HF3O2/c1-12-11-13(2)18-15(17-12)20-9-4-6-16(8-10-20)7-5-14(21)19(16)3;3-2(4,5)1(6)7/h11H,4-10H2,1-3H3;(H,6,7). The number of hydrogen-bond acceptors (Lipinski definition) is 5. The Hall–Kier alpha value is -2.39. The molecule has 0 saturated carbocycles. The van der Waals surface area contributed by atoms with E-state index in [1.807, 2.05) is 31.9 Å². The topological polar surface area (TPSA) is 86.6 Å². The zero-order chi connectivity index (χ0) is 21.1. The minimum atomic E-state index is -5.08. The largest absolute Gasteiger partial charge is 0.490 e. The van der Waals surface area contributed by atoms with Crippen LogP contribution in [0.4, 0.5) is 19.1 Å². The van der Waals surface area contributed by atoms with Gasteiger partial charge in [0.05, 0.1) is 0 Å². The number of amides is 1. The van der Waals surface area contributed by atoms with Crippen LogP contribution >= 0.6 is 0 Å². The smallest absolute Gasteiger partial charge is 0.475 e. The quantitative estimate of drug-likeness (QED) is 0.777. The second kappa shape index (κ2) is 8.32. The number of carboxylic acid groups (broad SMARTS) is 1. The Morgan fingerprint density at radius 1 is 1.14 bits per heavy atom. The van der Waals surface area contributed by atoms with E-state index in [9.17, 15) is 18.0 Å². The minimum Gasteiger partial charge on any atom is -0.475 e. The second-order valence-corrected chi connectivity index (χ2v) is 7.27. The van der Waals surface area contributed by atoms with E-state index in [1.165, 1.54) is 0 Å². The zero-order valence-electron chi connectivity index (χ0n) is 16.2. The van der Waals surface area contributed by atoms with Crippen molar-refractivity contribution in [2.24, 2.45) is 0 Å². The second-order valence-electron chi connectivity index (χ2n) is 7.27. The summed E-state index contributed by atoms with van der Waals surface area (Å²) in [4.78, 5) is 34.2. The van der Waals surface area contributed by atoms with Crippen LogP contribution in [0.1, 0.15) is 43.5 Å². The monoisotopic (exact) mass is 402 g/mol. The van der Waals surface area contributed by atoms with E-state index in [2.05, 4.69) is 14.9 Å². The Morgan fingerprint density at radius 2 is 1.71 bits per heavy atom. The predicted octanol–water partition coefficient (Wildman–Crippen LogP) is 2.71. The summed E-state index contributed by atoms with van der Waals surface area (Å²) < 4.78 is 31.7. The van der Waals surface area contributed by atoms with E-state index in [0.717, 1.165) is 56.1 Å². The molecule has 3 rings (SSSR count). The van der Waals surface area contributed by atoms with Crippen molar-refractivity contribution in [2.45, 2.75) is 57.7 Å². The number of rotatable bonds is 1. The summed E-state index contributed by atoms with van der Waals surface area (Å²) >= 11 is 0. The van der Waals surface area contributed by atoms with Crippen LogP contribution in [0, 0.1) is 13.8 Å². The first-order chi connectivity index (χ1) is 12.9. The molecule has 1 unspecified atom stereocenters. The van der Waals surface area contributed by atoms with Crippen LogP contribution in [-0.4, -0.2) is 63.7 Å². The molecule has 1 aromatic rings. The molecular weight excluding hydrogens is 377 g/mol. The highest BCUT2D eigenvalue weighted by molar-refractivity contribution is 5.79. The van der Waals surface area contributed by atoms with Gasteiger partial charge >= 0.3 is 12.1 Å². The van der Waals surface area contributed by atoms with Crippen LogP contribution in [0.2, 0.25) is 0 Å². The molecule has 1 aromatic heterocycles. The Kier molecular flexibility index (Phi) is 6.51. The highest BCUT2D eigenvalue weighted by atomic mass is 19.4. The van der Waals surface area contributed by atoms with Crippen molar-refractivity contribution in [1.82, 2.24) is 14.9 Å². The van der Waals surface area contributed by atoms with Gasteiger partial charge in [-0.05, 0) is 45.6 Å². The van der Waals surface area contributed by atoms with Crippen molar-refractivity contribution < 1.29 is 27.9 Å². The zero-order valence-corrected chi connectivity index (χ0v) is 16.2. The summed E-state index contributed by atoms with van der Waals surface area (Å²) in [5.41, 5.74) is 2.11. The molecule has 28 heavy (non-hydrogen) atoms. The molecule has 2 aliphatic heterocycles. The van der Waals surface area contributed by atoms with E-state index in [4.69, 9.17) is 9.90 Å². The summed E-state index contributed by atoms with van der Waals surface area (Å²) in [6.07, 6.45) is -0.170. The number of aryl methyl sites for hydroxylation is 2. The van der Waals surface area contributed by atoms with Gasteiger partial charge in [0, 0.05) is 43.5 Å². The molecule has 1 amide bonds. The number of nitrogens with zero attached hydrogens (tertiary/aromatic N) is 4. The molecule has 2 saturated heterocycles. The summed E-state index contributed by atoms with van der Waals surface area (Å²) in [6, 6.07) is 2.01. The lowest BCUT2D eigenvalue weighted by Gasteiger charge is -2.35. The normalized spacial score (nSPS) is 22.7. The van der Waals surface area contributed by atoms with Gasteiger partial charge in [-0.3, -0.25) is 4.79 Å². The molecule has 7 nitrogen and oxygen atoms in total. The molecule has 0 bridgehead atoms. The molecule has 0 radical (unpaired) electrons. The van der Waals surface area contributed by atoms with Gasteiger partial charge in [0.1, 0.15) is 0 Å². The van der Waals surface area contributed by atoms with E-state index in [0.29, 0.717) is 12.3 Å². The average Bonchev–Trinajstić information content (AvgIpc) is 2.76. The number of likely N-dealkylation sites (tertiary alicyclic amines) is 1. The Bertz CT molecular complexity index is 721. The molecule has 2 aliphatic rings. The van der Waals surface area contributed by atoms with Gasteiger partial charge in [-0.1, -0.05) is 0 Å². The number of hydrogen-bond donors (Lipinski definition) is 1. The molecule has 0 aliphatic carbocycles. The molecule has 1 spiro atoms. The predicted molar refractivity (Wildman–Crippen MR) is 96.0 cm³/mol. The Morgan fingerprint density at radius 3 is 2.18 bits per heavy atom. The van der Waals surface area contributed by atoms with Gasteiger partial charge in [-0.2, -0.15) is 13.2 Å². The maximum absolute atomic E-state index is 11.9. The van der Waals surface area contributed by atoms with Crippen molar-refractivity contribution in [2.75, 3.05) is 25.0 Å². The van der Waals surface area contributed by atoms with E-state index >= 15 is 0 Å². The SMILES string of the molecule is Cc1cc(C)nc(N2CCCC3(CCC(=O)N3C)CC2)n1.O=C(O)C(F)(F)F. The van der Waals surface area contributed by atoms with Crippen molar-refractivity contribution >= 4 is 17.8 Å². The maximum Gasteiger partial charge on any atom is 0.490 e.